The van der Waals surface area contributed by atoms with Crippen LogP contribution in [0, 0.1) is 0 Å². The SMILES string of the molecule is CCCc1cc(Cl)c2cnncc2c1. The van der Waals surface area contributed by atoms with E-state index in [4.69, 9.17) is 11.6 Å². The Kier molecular flexibility index (Phi) is 2.64. The summed E-state index contributed by atoms with van der Waals surface area (Å²) < 4.78 is 0. The fourth-order valence-electron chi connectivity index (χ4n) is 1.56. The van der Waals surface area contributed by atoms with Gasteiger partial charge in [0.25, 0.3) is 0 Å². The van der Waals surface area contributed by atoms with Crippen LogP contribution in [0.3, 0.4) is 0 Å². The van der Waals surface area contributed by atoms with Crippen LogP contribution in [0.25, 0.3) is 10.8 Å². The van der Waals surface area contributed by atoms with Gasteiger partial charge in [0, 0.05) is 10.8 Å². The smallest absolute Gasteiger partial charge is 0.0589 e. The predicted molar refractivity (Wildman–Crippen MR) is 58.5 cm³/mol. The van der Waals surface area contributed by atoms with Crippen LogP contribution in [0.1, 0.15) is 18.9 Å². The Labute approximate surface area is 87.9 Å². The summed E-state index contributed by atoms with van der Waals surface area (Å²) in [5.41, 5.74) is 1.26. The minimum absolute atomic E-state index is 0.765. The molecule has 0 N–H and O–H groups in total. The van der Waals surface area contributed by atoms with Crippen LogP contribution in [-0.4, -0.2) is 10.2 Å². The third-order valence-corrected chi connectivity index (χ3v) is 2.52. The zero-order valence-corrected chi connectivity index (χ0v) is 8.75. The molecule has 14 heavy (non-hydrogen) atoms. The predicted octanol–water partition coefficient (Wildman–Crippen LogP) is 3.24. The molecule has 72 valence electrons. The van der Waals surface area contributed by atoms with E-state index < -0.39 is 0 Å². The topological polar surface area (TPSA) is 25.8 Å². The average Bonchev–Trinajstić information content (AvgIpc) is 2.18. The highest BCUT2D eigenvalue weighted by Crippen LogP contribution is 2.24. The highest BCUT2D eigenvalue weighted by atomic mass is 35.5. The second kappa shape index (κ2) is 3.93. The Morgan fingerprint density at radius 2 is 2.00 bits per heavy atom. The number of fused-ring (bicyclic) bond motifs is 1. The van der Waals surface area contributed by atoms with Gasteiger partial charge in [0.05, 0.1) is 17.4 Å². The normalized spacial score (nSPS) is 10.7. The van der Waals surface area contributed by atoms with Crippen molar-refractivity contribution in [3.05, 3.63) is 35.1 Å². The van der Waals surface area contributed by atoms with E-state index in [1.54, 1.807) is 12.4 Å². The van der Waals surface area contributed by atoms with Gasteiger partial charge in [-0.3, -0.25) is 0 Å². The monoisotopic (exact) mass is 206 g/mol. The Bertz CT molecular complexity index is 454. The molecule has 0 unspecified atom stereocenters. The van der Waals surface area contributed by atoms with E-state index in [-0.39, 0.29) is 0 Å². The lowest BCUT2D eigenvalue weighted by Gasteiger charge is -2.03. The molecular weight excluding hydrogens is 196 g/mol. The fraction of sp³-hybridized carbons (Fsp3) is 0.273. The van der Waals surface area contributed by atoms with Gasteiger partial charge >= 0.3 is 0 Å². The zero-order valence-electron chi connectivity index (χ0n) is 8.00. The summed E-state index contributed by atoms with van der Waals surface area (Å²) in [6.45, 7) is 2.16. The van der Waals surface area contributed by atoms with Gasteiger partial charge in [0.15, 0.2) is 0 Å². The molecule has 0 amide bonds. The number of hydrogen-bond donors (Lipinski definition) is 0. The first-order valence-electron chi connectivity index (χ1n) is 4.70. The van der Waals surface area contributed by atoms with Crippen LogP contribution in [0.4, 0.5) is 0 Å². The van der Waals surface area contributed by atoms with E-state index in [1.807, 2.05) is 6.07 Å². The number of aryl methyl sites for hydroxylation is 1. The summed E-state index contributed by atoms with van der Waals surface area (Å²) in [4.78, 5) is 0. The van der Waals surface area contributed by atoms with Crippen molar-refractivity contribution in [1.29, 1.82) is 0 Å². The third-order valence-electron chi connectivity index (χ3n) is 2.21. The maximum atomic E-state index is 6.13. The first kappa shape index (κ1) is 9.41. The molecule has 0 atom stereocenters. The van der Waals surface area contributed by atoms with Crippen LogP contribution < -0.4 is 0 Å². The van der Waals surface area contributed by atoms with Crippen molar-refractivity contribution >= 4 is 22.4 Å². The van der Waals surface area contributed by atoms with Crippen LogP contribution >= 0.6 is 11.6 Å². The summed E-state index contributed by atoms with van der Waals surface area (Å²) >= 11 is 6.13. The number of rotatable bonds is 2. The Morgan fingerprint density at radius 3 is 2.79 bits per heavy atom. The largest absolute Gasteiger partial charge is 0.158 e. The molecule has 0 fully saturated rings. The Hall–Kier alpha value is -1.15. The molecule has 0 aliphatic carbocycles. The molecular formula is C11H11ClN2. The zero-order chi connectivity index (χ0) is 9.97. The summed E-state index contributed by atoms with van der Waals surface area (Å²) in [5.74, 6) is 0. The van der Waals surface area contributed by atoms with Gasteiger partial charge in [-0.1, -0.05) is 24.9 Å². The summed E-state index contributed by atoms with van der Waals surface area (Å²) in [6.07, 6.45) is 5.63. The van der Waals surface area contributed by atoms with Crippen LogP contribution in [0.2, 0.25) is 5.02 Å². The van der Waals surface area contributed by atoms with Crippen molar-refractivity contribution in [2.45, 2.75) is 19.8 Å². The van der Waals surface area contributed by atoms with Gasteiger partial charge in [-0.25, -0.2) is 0 Å². The first-order chi connectivity index (χ1) is 6.81. The van der Waals surface area contributed by atoms with Gasteiger partial charge in [-0.2, -0.15) is 10.2 Å². The van der Waals surface area contributed by atoms with E-state index in [9.17, 15) is 0 Å². The molecule has 0 radical (unpaired) electrons. The highest BCUT2D eigenvalue weighted by Gasteiger charge is 2.01. The van der Waals surface area contributed by atoms with Gasteiger partial charge < -0.3 is 0 Å². The molecule has 0 saturated carbocycles. The van der Waals surface area contributed by atoms with E-state index in [1.165, 1.54) is 5.56 Å². The lowest BCUT2D eigenvalue weighted by molar-refractivity contribution is 0.923. The Balaban J connectivity index is 2.60. The van der Waals surface area contributed by atoms with Crippen molar-refractivity contribution in [2.75, 3.05) is 0 Å². The number of benzene rings is 1. The lowest BCUT2D eigenvalue weighted by atomic mass is 10.1. The number of hydrogen-bond acceptors (Lipinski definition) is 2. The van der Waals surface area contributed by atoms with Crippen molar-refractivity contribution in [3.63, 3.8) is 0 Å². The lowest BCUT2D eigenvalue weighted by Crippen LogP contribution is -1.87. The molecule has 3 heteroatoms. The Morgan fingerprint density at radius 1 is 1.21 bits per heavy atom. The number of nitrogens with zero attached hydrogens (tertiary/aromatic N) is 2. The second-order valence-electron chi connectivity index (χ2n) is 3.32. The fourth-order valence-corrected chi connectivity index (χ4v) is 1.86. The third kappa shape index (κ3) is 1.70. The van der Waals surface area contributed by atoms with E-state index in [0.717, 1.165) is 28.6 Å². The first-order valence-corrected chi connectivity index (χ1v) is 5.08. The maximum Gasteiger partial charge on any atom is 0.0589 e. The van der Waals surface area contributed by atoms with E-state index >= 15 is 0 Å². The molecule has 2 aromatic rings. The summed E-state index contributed by atoms with van der Waals surface area (Å²) in [7, 11) is 0. The van der Waals surface area contributed by atoms with Gasteiger partial charge in [0.1, 0.15) is 0 Å². The molecule has 0 aliphatic heterocycles. The molecule has 0 saturated heterocycles. The summed E-state index contributed by atoms with van der Waals surface area (Å²) in [6, 6.07) is 4.13. The van der Waals surface area contributed by atoms with Crippen molar-refractivity contribution in [1.82, 2.24) is 10.2 Å². The number of aromatic nitrogens is 2. The molecule has 0 bridgehead atoms. The van der Waals surface area contributed by atoms with Crippen molar-refractivity contribution < 1.29 is 0 Å². The van der Waals surface area contributed by atoms with E-state index in [2.05, 4.69) is 23.2 Å². The molecule has 1 heterocycles. The molecule has 2 nitrogen and oxygen atoms in total. The quantitative estimate of drug-likeness (QED) is 0.754. The molecule has 2 rings (SSSR count). The molecule has 0 spiro atoms. The van der Waals surface area contributed by atoms with Gasteiger partial charge in [-0.05, 0) is 24.1 Å². The standard InChI is InChI=1S/C11H11ClN2/c1-2-3-8-4-9-6-13-14-7-10(9)11(12)5-8/h4-7H,2-3H2,1H3. The minimum atomic E-state index is 0.765. The number of halogens is 1. The maximum absolute atomic E-state index is 6.13. The molecule has 1 aromatic heterocycles. The van der Waals surface area contributed by atoms with Gasteiger partial charge in [-0.15, -0.1) is 0 Å². The van der Waals surface area contributed by atoms with Crippen molar-refractivity contribution in [2.24, 2.45) is 0 Å². The highest BCUT2D eigenvalue weighted by molar-refractivity contribution is 6.35. The molecule has 0 aliphatic rings. The second-order valence-corrected chi connectivity index (χ2v) is 3.73. The summed E-state index contributed by atoms with van der Waals surface area (Å²) in [5, 5.41) is 10.5. The molecule has 1 aromatic carbocycles. The van der Waals surface area contributed by atoms with Crippen LogP contribution in [0.15, 0.2) is 24.5 Å². The van der Waals surface area contributed by atoms with Crippen LogP contribution in [0.5, 0.6) is 0 Å². The van der Waals surface area contributed by atoms with Crippen LogP contribution in [-0.2, 0) is 6.42 Å². The minimum Gasteiger partial charge on any atom is -0.158 e. The van der Waals surface area contributed by atoms with Gasteiger partial charge in [0.2, 0.25) is 0 Å². The average molecular weight is 207 g/mol. The van der Waals surface area contributed by atoms with E-state index in [0.29, 0.717) is 0 Å². The van der Waals surface area contributed by atoms with Crippen molar-refractivity contribution in [3.8, 4) is 0 Å².